The smallest absolute Gasteiger partial charge is 0.419 e. The van der Waals surface area contributed by atoms with Crippen LogP contribution in [0.4, 0.5) is 13.2 Å². The molecule has 0 radical (unpaired) electrons. The van der Waals surface area contributed by atoms with Crippen LogP contribution >= 0.6 is 0 Å². The summed E-state index contributed by atoms with van der Waals surface area (Å²) in [5.41, 5.74) is -0.352. The second-order valence-electron chi connectivity index (χ2n) is 5.86. The third kappa shape index (κ3) is 4.05. The Morgan fingerprint density at radius 2 is 1.72 bits per heavy atom. The molecule has 2 aromatic heterocycles. The molecule has 1 fully saturated rings. The average molecular weight is 348 g/mol. The molecule has 0 atom stereocenters. The molecule has 5 nitrogen and oxygen atoms in total. The van der Waals surface area contributed by atoms with Gasteiger partial charge >= 0.3 is 6.18 Å². The van der Waals surface area contributed by atoms with Crippen molar-refractivity contribution in [3.05, 3.63) is 35.8 Å². The van der Waals surface area contributed by atoms with Crippen LogP contribution in [0.15, 0.2) is 24.7 Å². The molecule has 1 saturated carbocycles. The summed E-state index contributed by atoms with van der Waals surface area (Å²) in [5, 5.41) is 9.31. The summed E-state index contributed by atoms with van der Waals surface area (Å²) in [4.78, 5) is 11.6. The van der Waals surface area contributed by atoms with Crippen LogP contribution in [0.25, 0.3) is 11.4 Å². The molecule has 0 bridgehead atoms. The van der Waals surface area contributed by atoms with Crippen molar-refractivity contribution in [1.29, 1.82) is 5.26 Å². The molecule has 2 aromatic rings. The summed E-state index contributed by atoms with van der Waals surface area (Å²) >= 11 is 0. The standard InChI is InChI=1S/C17H15F3N4O/c18-17(19,20)13-9-22-15(23-10-13)12-6-11(7-21)16(24-8-12)25-14-4-2-1-3-5-14/h6,8-10,14H,1-5H2. The van der Waals surface area contributed by atoms with Crippen molar-refractivity contribution in [3.63, 3.8) is 0 Å². The van der Waals surface area contributed by atoms with Gasteiger partial charge < -0.3 is 4.74 Å². The first-order valence-electron chi connectivity index (χ1n) is 7.94. The summed E-state index contributed by atoms with van der Waals surface area (Å²) in [6, 6.07) is 3.49. The number of nitrogens with zero attached hydrogens (tertiary/aromatic N) is 4. The number of hydrogen-bond acceptors (Lipinski definition) is 5. The number of alkyl halides is 3. The van der Waals surface area contributed by atoms with Crippen LogP contribution in [0.2, 0.25) is 0 Å². The second-order valence-corrected chi connectivity index (χ2v) is 5.86. The monoisotopic (exact) mass is 348 g/mol. The first-order chi connectivity index (χ1) is 12.0. The summed E-state index contributed by atoms with van der Waals surface area (Å²) in [7, 11) is 0. The topological polar surface area (TPSA) is 71.7 Å². The quantitative estimate of drug-likeness (QED) is 0.833. The van der Waals surface area contributed by atoms with Gasteiger partial charge in [0.2, 0.25) is 5.88 Å². The Balaban J connectivity index is 1.82. The Morgan fingerprint density at radius 1 is 1.04 bits per heavy atom. The van der Waals surface area contributed by atoms with Gasteiger partial charge in [-0.05, 0) is 31.7 Å². The van der Waals surface area contributed by atoms with E-state index >= 15 is 0 Å². The zero-order valence-corrected chi connectivity index (χ0v) is 13.3. The lowest BCUT2D eigenvalue weighted by Crippen LogP contribution is -2.20. The number of pyridine rings is 1. The fourth-order valence-electron chi connectivity index (χ4n) is 2.71. The fourth-order valence-corrected chi connectivity index (χ4v) is 2.71. The van der Waals surface area contributed by atoms with E-state index in [0.29, 0.717) is 18.0 Å². The van der Waals surface area contributed by atoms with E-state index in [1.165, 1.54) is 18.7 Å². The lowest BCUT2D eigenvalue weighted by atomic mass is 9.98. The van der Waals surface area contributed by atoms with Crippen LogP contribution in [-0.4, -0.2) is 21.1 Å². The lowest BCUT2D eigenvalue weighted by Gasteiger charge is -2.22. The minimum absolute atomic E-state index is 0.0431. The highest BCUT2D eigenvalue weighted by Gasteiger charge is 2.31. The Bertz CT molecular complexity index is 778. The van der Waals surface area contributed by atoms with Crippen molar-refractivity contribution in [2.24, 2.45) is 0 Å². The Labute approximate surface area is 142 Å². The molecule has 0 aliphatic heterocycles. The van der Waals surface area contributed by atoms with Crippen molar-refractivity contribution in [1.82, 2.24) is 15.0 Å². The van der Waals surface area contributed by atoms with Gasteiger partial charge in [-0.2, -0.15) is 18.4 Å². The molecule has 3 rings (SSSR count). The Hall–Kier alpha value is -2.69. The van der Waals surface area contributed by atoms with E-state index in [-0.39, 0.29) is 23.4 Å². The number of rotatable bonds is 3. The highest BCUT2D eigenvalue weighted by Crippen LogP contribution is 2.30. The van der Waals surface area contributed by atoms with Crippen molar-refractivity contribution in [2.75, 3.05) is 0 Å². The van der Waals surface area contributed by atoms with Gasteiger partial charge in [0.05, 0.1) is 5.56 Å². The molecular formula is C17H15F3N4O. The number of nitriles is 1. The van der Waals surface area contributed by atoms with Crippen molar-refractivity contribution in [2.45, 2.75) is 44.4 Å². The van der Waals surface area contributed by atoms with Gasteiger partial charge in [0.25, 0.3) is 0 Å². The molecule has 8 heteroatoms. The minimum atomic E-state index is -4.49. The van der Waals surface area contributed by atoms with Gasteiger partial charge in [-0.1, -0.05) is 6.42 Å². The van der Waals surface area contributed by atoms with E-state index < -0.39 is 11.7 Å². The largest absolute Gasteiger partial charge is 0.473 e. The van der Waals surface area contributed by atoms with Crippen molar-refractivity contribution in [3.8, 4) is 23.3 Å². The van der Waals surface area contributed by atoms with Crippen LogP contribution in [0.5, 0.6) is 5.88 Å². The number of aromatic nitrogens is 3. The van der Waals surface area contributed by atoms with E-state index in [2.05, 4.69) is 15.0 Å². The molecule has 0 unspecified atom stereocenters. The maximum Gasteiger partial charge on any atom is 0.419 e. The summed E-state index contributed by atoms with van der Waals surface area (Å²) in [5.74, 6) is 0.311. The molecule has 0 saturated heterocycles. The predicted octanol–water partition coefficient (Wildman–Crippen LogP) is 4.14. The molecule has 130 valence electrons. The third-order valence-corrected chi connectivity index (χ3v) is 4.04. The molecular weight excluding hydrogens is 333 g/mol. The fraction of sp³-hybridized carbons (Fsp3) is 0.412. The molecule has 1 aliphatic rings. The maximum absolute atomic E-state index is 12.6. The van der Waals surface area contributed by atoms with Gasteiger partial charge in [0.1, 0.15) is 17.7 Å². The van der Waals surface area contributed by atoms with Gasteiger partial charge in [-0.15, -0.1) is 0 Å². The summed E-state index contributed by atoms with van der Waals surface area (Å²) in [6.07, 6.45) is 3.58. The lowest BCUT2D eigenvalue weighted by molar-refractivity contribution is -0.138. The van der Waals surface area contributed by atoms with E-state index in [9.17, 15) is 18.4 Å². The molecule has 0 aromatic carbocycles. The van der Waals surface area contributed by atoms with E-state index in [4.69, 9.17) is 4.74 Å². The predicted molar refractivity (Wildman–Crippen MR) is 82.5 cm³/mol. The minimum Gasteiger partial charge on any atom is -0.473 e. The zero-order valence-electron chi connectivity index (χ0n) is 13.3. The Kier molecular flexibility index (Phi) is 4.83. The third-order valence-electron chi connectivity index (χ3n) is 4.04. The van der Waals surface area contributed by atoms with E-state index in [0.717, 1.165) is 25.7 Å². The van der Waals surface area contributed by atoms with E-state index in [1.807, 2.05) is 6.07 Å². The van der Waals surface area contributed by atoms with Crippen LogP contribution < -0.4 is 4.74 Å². The van der Waals surface area contributed by atoms with Crippen LogP contribution in [0, 0.1) is 11.3 Å². The second kappa shape index (κ2) is 7.05. The van der Waals surface area contributed by atoms with Gasteiger partial charge in [-0.3, -0.25) is 0 Å². The van der Waals surface area contributed by atoms with Crippen LogP contribution in [0.3, 0.4) is 0 Å². The van der Waals surface area contributed by atoms with Crippen molar-refractivity contribution < 1.29 is 17.9 Å². The number of halogens is 3. The van der Waals surface area contributed by atoms with E-state index in [1.54, 1.807) is 0 Å². The van der Waals surface area contributed by atoms with Gasteiger partial charge in [0, 0.05) is 24.2 Å². The van der Waals surface area contributed by atoms with Crippen LogP contribution in [-0.2, 0) is 6.18 Å². The average Bonchev–Trinajstić information content (AvgIpc) is 2.62. The maximum atomic E-state index is 12.6. The van der Waals surface area contributed by atoms with Crippen molar-refractivity contribution >= 4 is 0 Å². The summed E-state index contributed by atoms with van der Waals surface area (Å²) < 4.78 is 43.5. The molecule has 2 heterocycles. The number of ether oxygens (including phenoxy) is 1. The number of hydrogen-bond donors (Lipinski definition) is 0. The molecule has 25 heavy (non-hydrogen) atoms. The first-order valence-corrected chi connectivity index (χ1v) is 7.94. The molecule has 0 spiro atoms. The molecule has 0 N–H and O–H groups in total. The normalized spacial score (nSPS) is 15.6. The van der Waals surface area contributed by atoms with Gasteiger partial charge in [-0.25, -0.2) is 15.0 Å². The highest BCUT2D eigenvalue weighted by atomic mass is 19.4. The van der Waals surface area contributed by atoms with Gasteiger partial charge in [0.15, 0.2) is 5.82 Å². The Morgan fingerprint density at radius 3 is 2.32 bits per heavy atom. The zero-order chi connectivity index (χ0) is 17.9. The molecule has 1 aliphatic carbocycles. The molecule has 0 amide bonds. The highest BCUT2D eigenvalue weighted by molar-refractivity contribution is 5.58. The summed E-state index contributed by atoms with van der Waals surface area (Å²) in [6.45, 7) is 0. The first kappa shape index (κ1) is 17.1. The van der Waals surface area contributed by atoms with Crippen LogP contribution in [0.1, 0.15) is 43.2 Å². The SMILES string of the molecule is N#Cc1cc(-c2ncc(C(F)(F)F)cn2)cnc1OC1CCCCC1.